The van der Waals surface area contributed by atoms with Gasteiger partial charge in [-0.1, -0.05) is 0 Å². The maximum Gasteiger partial charge on any atom is 0.506 e. The molecule has 2 rings (SSSR count). The number of carbonyl (C=O) groups is 2. The summed E-state index contributed by atoms with van der Waals surface area (Å²) in [6.45, 7) is 0. The lowest BCUT2D eigenvalue weighted by molar-refractivity contribution is 0.0611. The van der Waals surface area contributed by atoms with Gasteiger partial charge in [0.1, 0.15) is 0 Å². The second kappa shape index (κ2) is 4.98. The molecule has 0 fully saturated rings. The summed E-state index contributed by atoms with van der Waals surface area (Å²) >= 11 is 0. The van der Waals surface area contributed by atoms with Crippen LogP contribution in [0.4, 0.5) is 0 Å². The standard InChI is InChI=1S/C10H6O8S/c11-9(7-3-1-5-15-7)17-19(13,14)18-10(12)8-4-2-6-16-8/h1-6H. The van der Waals surface area contributed by atoms with Crippen LogP contribution in [0.15, 0.2) is 45.6 Å². The van der Waals surface area contributed by atoms with Gasteiger partial charge >= 0.3 is 22.3 Å². The quantitative estimate of drug-likeness (QED) is 0.821. The van der Waals surface area contributed by atoms with Crippen molar-refractivity contribution in [1.82, 2.24) is 0 Å². The van der Waals surface area contributed by atoms with Crippen molar-refractivity contribution in [3.63, 3.8) is 0 Å². The van der Waals surface area contributed by atoms with Crippen LogP contribution >= 0.6 is 0 Å². The van der Waals surface area contributed by atoms with Crippen LogP contribution in [0, 0.1) is 0 Å². The van der Waals surface area contributed by atoms with E-state index in [0.717, 1.165) is 12.5 Å². The normalized spacial score (nSPS) is 10.9. The molecule has 100 valence electrons. The molecule has 0 unspecified atom stereocenters. The molecule has 0 saturated carbocycles. The van der Waals surface area contributed by atoms with E-state index in [1.165, 1.54) is 24.3 Å². The molecular weight excluding hydrogens is 280 g/mol. The summed E-state index contributed by atoms with van der Waals surface area (Å²) in [6, 6.07) is 5.09. The number of carbonyl (C=O) groups excluding carboxylic acids is 2. The molecule has 19 heavy (non-hydrogen) atoms. The van der Waals surface area contributed by atoms with E-state index in [0.29, 0.717) is 0 Å². The van der Waals surface area contributed by atoms with Crippen LogP contribution in [-0.2, 0) is 18.8 Å². The maximum atomic E-state index is 11.3. The summed E-state index contributed by atoms with van der Waals surface area (Å²) in [7, 11) is -4.85. The Morgan fingerprint density at radius 2 is 1.32 bits per heavy atom. The highest BCUT2D eigenvalue weighted by Crippen LogP contribution is 2.10. The minimum atomic E-state index is -4.85. The number of furan rings is 2. The van der Waals surface area contributed by atoms with Crippen LogP contribution in [0.1, 0.15) is 21.1 Å². The van der Waals surface area contributed by atoms with Gasteiger partial charge in [-0.15, -0.1) is 8.42 Å². The summed E-state index contributed by atoms with van der Waals surface area (Å²) in [5.41, 5.74) is 0. The molecule has 0 amide bonds. The lowest BCUT2D eigenvalue weighted by Gasteiger charge is -2.02. The minimum absolute atomic E-state index is 0.349. The molecule has 9 heteroatoms. The molecule has 2 heterocycles. The summed E-state index contributed by atoms with van der Waals surface area (Å²) in [4.78, 5) is 22.6. The zero-order valence-corrected chi connectivity index (χ0v) is 9.95. The van der Waals surface area contributed by atoms with Crippen LogP contribution in [0.25, 0.3) is 0 Å². The lowest BCUT2D eigenvalue weighted by atomic mass is 10.5. The van der Waals surface area contributed by atoms with Gasteiger partial charge in [0.05, 0.1) is 12.5 Å². The van der Waals surface area contributed by atoms with E-state index in [9.17, 15) is 18.0 Å². The van der Waals surface area contributed by atoms with E-state index in [2.05, 4.69) is 17.2 Å². The zero-order chi connectivity index (χ0) is 13.9. The Balaban J connectivity index is 2.03. The van der Waals surface area contributed by atoms with Crippen LogP contribution in [0.5, 0.6) is 0 Å². The first kappa shape index (κ1) is 12.9. The lowest BCUT2D eigenvalue weighted by Crippen LogP contribution is -2.19. The molecule has 0 aliphatic rings. The van der Waals surface area contributed by atoms with Gasteiger partial charge in [-0.2, -0.15) is 0 Å². The first-order chi connectivity index (χ1) is 8.98. The molecule has 2 aromatic rings. The van der Waals surface area contributed by atoms with Crippen molar-refractivity contribution in [2.24, 2.45) is 0 Å². The van der Waals surface area contributed by atoms with Gasteiger partial charge in [0.2, 0.25) is 11.5 Å². The summed E-state index contributed by atoms with van der Waals surface area (Å²) < 4.78 is 39.8. The van der Waals surface area contributed by atoms with E-state index in [1.54, 1.807) is 0 Å². The van der Waals surface area contributed by atoms with Crippen LogP contribution in [0.3, 0.4) is 0 Å². The van der Waals surface area contributed by atoms with E-state index < -0.39 is 22.3 Å². The number of rotatable bonds is 4. The average Bonchev–Trinajstić information content (AvgIpc) is 3.01. The van der Waals surface area contributed by atoms with Gasteiger partial charge in [0.25, 0.3) is 0 Å². The molecule has 0 aromatic carbocycles. The Morgan fingerprint density at radius 3 is 1.63 bits per heavy atom. The average molecular weight is 286 g/mol. The Bertz CT molecular complexity index is 611. The second-order valence-corrected chi connectivity index (χ2v) is 4.25. The first-order valence-electron chi connectivity index (χ1n) is 4.77. The van der Waals surface area contributed by atoms with E-state index in [4.69, 9.17) is 0 Å². The predicted molar refractivity (Wildman–Crippen MR) is 57.2 cm³/mol. The first-order valence-corrected chi connectivity index (χ1v) is 6.11. The summed E-state index contributed by atoms with van der Waals surface area (Å²) in [5, 5.41) is 0. The largest absolute Gasteiger partial charge is 0.506 e. The molecule has 0 N–H and O–H groups in total. The predicted octanol–water partition coefficient (Wildman–Crippen LogP) is 1.13. The van der Waals surface area contributed by atoms with Crippen LogP contribution in [-0.4, -0.2) is 20.4 Å². The molecule has 0 aliphatic heterocycles. The van der Waals surface area contributed by atoms with Gasteiger partial charge in [-0.3, -0.25) is 0 Å². The third-order valence-corrected chi connectivity index (χ3v) is 2.51. The second-order valence-electron chi connectivity index (χ2n) is 3.10. The Kier molecular flexibility index (Phi) is 3.38. The van der Waals surface area contributed by atoms with Crippen molar-refractivity contribution in [1.29, 1.82) is 0 Å². The number of hydrogen-bond acceptors (Lipinski definition) is 8. The topological polar surface area (TPSA) is 113 Å². The number of hydrogen-bond donors (Lipinski definition) is 0. The zero-order valence-electron chi connectivity index (χ0n) is 9.14. The molecule has 0 aliphatic carbocycles. The van der Waals surface area contributed by atoms with E-state index in [-0.39, 0.29) is 11.5 Å². The van der Waals surface area contributed by atoms with Gasteiger partial charge in [-0.05, 0) is 24.3 Å². The van der Waals surface area contributed by atoms with Crippen molar-refractivity contribution < 1.29 is 35.2 Å². The summed E-state index contributed by atoms with van der Waals surface area (Å²) in [5.74, 6) is -3.32. The molecular formula is C10H6O8S. The Morgan fingerprint density at radius 1 is 0.895 bits per heavy atom. The highest BCUT2D eigenvalue weighted by molar-refractivity contribution is 7.82. The molecule has 0 spiro atoms. The highest BCUT2D eigenvalue weighted by Gasteiger charge is 2.27. The molecule has 0 atom stereocenters. The van der Waals surface area contributed by atoms with Crippen molar-refractivity contribution in [3.05, 3.63) is 48.3 Å². The third-order valence-electron chi connectivity index (χ3n) is 1.80. The van der Waals surface area contributed by atoms with Crippen molar-refractivity contribution >= 4 is 22.3 Å². The van der Waals surface area contributed by atoms with E-state index >= 15 is 0 Å². The smallest absolute Gasteiger partial charge is 0.457 e. The van der Waals surface area contributed by atoms with Gasteiger partial charge < -0.3 is 17.2 Å². The monoisotopic (exact) mass is 286 g/mol. The van der Waals surface area contributed by atoms with Gasteiger partial charge in [0, 0.05) is 0 Å². The van der Waals surface area contributed by atoms with Crippen molar-refractivity contribution in [2.75, 3.05) is 0 Å². The van der Waals surface area contributed by atoms with Gasteiger partial charge in [-0.25, -0.2) is 9.59 Å². The third kappa shape index (κ3) is 3.22. The fraction of sp³-hybridized carbons (Fsp3) is 0. The van der Waals surface area contributed by atoms with E-state index in [1.807, 2.05) is 0 Å². The highest BCUT2D eigenvalue weighted by atomic mass is 32.3. The van der Waals surface area contributed by atoms with Crippen LogP contribution < -0.4 is 0 Å². The van der Waals surface area contributed by atoms with Crippen LogP contribution in [0.2, 0.25) is 0 Å². The molecule has 8 nitrogen and oxygen atoms in total. The van der Waals surface area contributed by atoms with Gasteiger partial charge in [0.15, 0.2) is 0 Å². The minimum Gasteiger partial charge on any atom is -0.457 e. The van der Waals surface area contributed by atoms with Crippen molar-refractivity contribution in [2.45, 2.75) is 0 Å². The Labute approximate surface area is 106 Å². The molecule has 0 bridgehead atoms. The fourth-order valence-electron chi connectivity index (χ4n) is 1.07. The van der Waals surface area contributed by atoms with Crippen molar-refractivity contribution in [3.8, 4) is 0 Å². The Hall–Kier alpha value is -2.55. The molecule has 0 saturated heterocycles. The summed E-state index contributed by atoms with van der Waals surface area (Å²) in [6.07, 6.45) is 2.30. The fourth-order valence-corrected chi connectivity index (χ4v) is 1.64. The maximum absolute atomic E-state index is 11.3. The molecule has 0 radical (unpaired) electrons. The molecule has 2 aromatic heterocycles. The SMILES string of the molecule is O=C(OS(=O)(=O)OC(=O)c1ccco1)c1ccco1.